The number of fused-ring (bicyclic) bond motifs is 1. The zero-order valence-electron chi connectivity index (χ0n) is 21.3. The van der Waals surface area contributed by atoms with E-state index in [4.69, 9.17) is 21.3 Å². The van der Waals surface area contributed by atoms with E-state index in [0.717, 1.165) is 40.9 Å². The summed E-state index contributed by atoms with van der Waals surface area (Å²) in [7, 11) is 0. The van der Waals surface area contributed by atoms with Crippen molar-refractivity contribution in [3.8, 4) is 0 Å². The van der Waals surface area contributed by atoms with Gasteiger partial charge in [-0.2, -0.15) is 0 Å². The molecule has 3 rings (SSSR count). The predicted octanol–water partition coefficient (Wildman–Crippen LogP) is 7.22. The van der Waals surface area contributed by atoms with Crippen LogP contribution >= 0.6 is 11.6 Å². The zero-order chi connectivity index (χ0) is 24.0. The van der Waals surface area contributed by atoms with E-state index in [9.17, 15) is 5.11 Å². The maximum atomic E-state index is 11.5. The maximum Gasteiger partial charge on any atom is 0.183 e. The van der Waals surface area contributed by atoms with Gasteiger partial charge < -0.3 is 9.84 Å². The molecule has 0 saturated carbocycles. The predicted molar refractivity (Wildman–Crippen MR) is 135 cm³/mol. The first-order chi connectivity index (χ1) is 14.7. The van der Waals surface area contributed by atoms with Crippen LogP contribution in [0.15, 0.2) is 24.3 Å². The van der Waals surface area contributed by atoms with Gasteiger partial charge in [0.1, 0.15) is 6.10 Å². The Morgan fingerprint density at radius 2 is 1.72 bits per heavy atom. The van der Waals surface area contributed by atoms with Gasteiger partial charge >= 0.3 is 0 Å². The van der Waals surface area contributed by atoms with Crippen LogP contribution in [0.5, 0.6) is 0 Å². The molecular formula is C28H41ClNO2+. The highest BCUT2D eigenvalue weighted by atomic mass is 35.5. The molecule has 0 bridgehead atoms. The number of aromatic nitrogens is 1. The van der Waals surface area contributed by atoms with Crippen molar-refractivity contribution >= 4 is 11.6 Å². The number of aliphatic hydroxyl groups excluding tert-OH is 1. The van der Waals surface area contributed by atoms with E-state index in [0.29, 0.717) is 5.02 Å². The van der Waals surface area contributed by atoms with Crippen molar-refractivity contribution in [3.63, 3.8) is 0 Å². The van der Waals surface area contributed by atoms with Crippen LogP contribution < -0.4 is 0 Å². The highest BCUT2D eigenvalue weighted by Crippen LogP contribution is 2.46. The maximum absolute atomic E-state index is 11.5. The summed E-state index contributed by atoms with van der Waals surface area (Å²) in [5.41, 5.74) is 6.54. The van der Waals surface area contributed by atoms with E-state index in [2.05, 4.69) is 62.3 Å². The van der Waals surface area contributed by atoms with Crippen LogP contribution in [0.25, 0.3) is 0 Å². The van der Waals surface area contributed by atoms with Crippen LogP contribution in [0, 0.1) is 17.8 Å². The Balaban J connectivity index is 2.18. The SMILES string of the molecule is Cc1c2c(nc(C(C)C)c1C(O)c1ccc(Cl)cc1)CC(C)(C)CC2[OH+]C(C)C(C)(C)C. The molecule has 1 aromatic heterocycles. The smallest absolute Gasteiger partial charge is 0.183 e. The van der Waals surface area contributed by atoms with Gasteiger partial charge in [-0.05, 0) is 47.9 Å². The fourth-order valence-electron chi connectivity index (χ4n) is 4.77. The minimum atomic E-state index is -0.738. The summed E-state index contributed by atoms with van der Waals surface area (Å²) in [5.74, 6) is 0.213. The Kier molecular flexibility index (Phi) is 7.15. The summed E-state index contributed by atoms with van der Waals surface area (Å²) >= 11 is 6.09. The van der Waals surface area contributed by atoms with Gasteiger partial charge in [0.05, 0.1) is 11.3 Å². The standard InChI is InChI=1S/C28H40ClNO2/c1-16(2)25-24(26(31)19-10-12-20(29)13-11-19)17(3)23-21(30-25)14-28(8,9)15-22(23)32-18(4)27(5,6)7/h10-13,16,18,22,26,31H,14-15H2,1-9H3/p+1. The number of nitrogens with zero attached hydrogens (tertiary/aromatic N) is 1. The van der Waals surface area contributed by atoms with Gasteiger partial charge in [-0.15, -0.1) is 0 Å². The van der Waals surface area contributed by atoms with Crippen LogP contribution in [0.2, 0.25) is 5.02 Å². The molecule has 1 heterocycles. The van der Waals surface area contributed by atoms with Crippen LogP contribution in [0.4, 0.5) is 0 Å². The molecule has 2 aromatic rings. The minimum absolute atomic E-state index is 0.0906. The number of benzene rings is 1. The largest absolute Gasteiger partial charge is 0.425 e. The van der Waals surface area contributed by atoms with E-state index < -0.39 is 6.10 Å². The first-order valence-corrected chi connectivity index (χ1v) is 12.3. The van der Waals surface area contributed by atoms with Gasteiger partial charge in [0, 0.05) is 35.0 Å². The lowest BCUT2D eigenvalue weighted by Gasteiger charge is -2.39. The Morgan fingerprint density at radius 1 is 1.12 bits per heavy atom. The molecule has 1 aliphatic carbocycles. The lowest BCUT2D eigenvalue weighted by atomic mass is 9.72. The van der Waals surface area contributed by atoms with Crippen molar-refractivity contribution in [2.75, 3.05) is 0 Å². The molecule has 3 unspecified atom stereocenters. The third kappa shape index (κ3) is 5.21. The fourth-order valence-corrected chi connectivity index (χ4v) is 4.89. The van der Waals surface area contributed by atoms with Crippen LogP contribution in [0.1, 0.15) is 114 Å². The lowest BCUT2D eigenvalue weighted by molar-refractivity contribution is -0.205. The molecule has 1 aromatic carbocycles. The summed E-state index contributed by atoms with van der Waals surface area (Å²) in [6.07, 6.45) is 1.52. The molecule has 0 saturated heterocycles. The molecule has 2 N–H and O–H groups in total. The molecule has 176 valence electrons. The summed E-state index contributed by atoms with van der Waals surface area (Å²) in [6.45, 7) is 20.1. The molecule has 4 heteroatoms. The molecule has 0 radical (unpaired) electrons. The van der Waals surface area contributed by atoms with E-state index in [-0.39, 0.29) is 29.0 Å². The topological polar surface area (TPSA) is 45.9 Å². The summed E-state index contributed by atoms with van der Waals surface area (Å²) in [5, 5.41) is 12.2. The second-order valence-corrected chi connectivity index (χ2v) is 12.2. The molecule has 32 heavy (non-hydrogen) atoms. The van der Waals surface area contributed by atoms with Crippen molar-refractivity contribution in [1.29, 1.82) is 0 Å². The third-order valence-electron chi connectivity index (χ3n) is 7.04. The summed E-state index contributed by atoms with van der Waals surface area (Å²) in [4.78, 5) is 5.21. The average molecular weight is 459 g/mol. The second-order valence-electron chi connectivity index (χ2n) is 11.8. The Hall–Kier alpha value is -1.42. The molecule has 1 aliphatic rings. The van der Waals surface area contributed by atoms with Gasteiger partial charge in [0.25, 0.3) is 0 Å². The van der Waals surface area contributed by atoms with Crippen LogP contribution in [0.3, 0.4) is 0 Å². The third-order valence-corrected chi connectivity index (χ3v) is 7.29. The first-order valence-electron chi connectivity index (χ1n) is 11.9. The van der Waals surface area contributed by atoms with Crippen molar-refractivity contribution in [1.82, 2.24) is 4.98 Å². The molecule has 0 fully saturated rings. The Labute approximate surface area is 199 Å². The van der Waals surface area contributed by atoms with Crippen LogP contribution in [-0.2, 0) is 6.42 Å². The van der Waals surface area contributed by atoms with E-state index in [1.165, 1.54) is 5.56 Å². The minimum Gasteiger partial charge on any atom is -0.425 e. The fraction of sp³-hybridized carbons (Fsp3) is 0.607. The zero-order valence-corrected chi connectivity index (χ0v) is 22.0. The highest BCUT2D eigenvalue weighted by molar-refractivity contribution is 6.30. The van der Waals surface area contributed by atoms with Gasteiger partial charge in [0.15, 0.2) is 12.2 Å². The summed E-state index contributed by atoms with van der Waals surface area (Å²) < 4.78 is 5.33. The lowest BCUT2D eigenvalue weighted by Crippen LogP contribution is -2.37. The summed E-state index contributed by atoms with van der Waals surface area (Å²) in [6, 6.07) is 7.48. The molecule has 0 aliphatic heterocycles. The Bertz CT molecular complexity index is 957. The van der Waals surface area contributed by atoms with Gasteiger partial charge in [-0.3, -0.25) is 4.98 Å². The quantitative estimate of drug-likeness (QED) is 0.480. The molecule has 3 atom stereocenters. The molecular weight excluding hydrogens is 418 g/mol. The van der Waals surface area contributed by atoms with Gasteiger partial charge in [-0.25, -0.2) is 0 Å². The van der Waals surface area contributed by atoms with Crippen molar-refractivity contribution in [2.24, 2.45) is 10.8 Å². The normalized spacial score (nSPS) is 20.2. The number of hydrogen-bond donors (Lipinski definition) is 1. The van der Waals surface area contributed by atoms with Gasteiger partial charge in [0.2, 0.25) is 0 Å². The number of rotatable bonds is 5. The van der Waals surface area contributed by atoms with E-state index in [1.807, 2.05) is 24.3 Å². The second kappa shape index (κ2) is 9.08. The molecule has 0 spiro atoms. The van der Waals surface area contributed by atoms with Gasteiger partial charge in [-0.1, -0.05) is 72.2 Å². The van der Waals surface area contributed by atoms with Crippen molar-refractivity contribution in [3.05, 3.63) is 62.9 Å². The number of pyridine rings is 1. The number of halogens is 1. The number of aliphatic hydroxyl groups is 3. The van der Waals surface area contributed by atoms with E-state index in [1.54, 1.807) is 0 Å². The number of ether oxygens (including phenoxy) is 1. The monoisotopic (exact) mass is 458 g/mol. The molecule has 0 amide bonds. The average Bonchev–Trinajstić information content (AvgIpc) is 2.65. The first kappa shape index (κ1) is 25.2. The number of hydrogen-bond acceptors (Lipinski definition) is 2. The highest BCUT2D eigenvalue weighted by Gasteiger charge is 2.42. The van der Waals surface area contributed by atoms with Crippen LogP contribution in [-0.4, -0.2) is 20.9 Å². The Morgan fingerprint density at radius 3 is 2.25 bits per heavy atom. The van der Waals surface area contributed by atoms with Crippen molar-refractivity contribution < 1.29 is 9.84 Å². The molecule has 3 nitrogen and oxygen atoms in total. The van der Waals surface area contributed by atoms with E-state index >= 15 is 0 Å². The van der Waals surface area contributed by atoms with Crippen molar-refractivity contribution in [2.45, 2.75) is 99.4 Å².